The van der Waals surface area contributed by atoms with Crippen LogP contribution in [0.5, 0.6) is 0 Å². The second-order valence-electron chi connectivity index (χ2n) is 46.3. The smallest absolute Gasteiger partial charge is 0.189 e. The van der Waals surface area contributed by atoms with Gasteiger partial charge in [0.05, 0.1) is 121 Å². The maximum absolute atomic E-state index is 11.5. The van der Waals surface area contributed by atoms with Gasteiger partial charge in [-0.2, -0.15) is 11.8 Å². The number of carbonyl (C=O) groups excluding carboxylic acids is 3. The molecule has 0 aromatic heterocycles. The van der Waals surface area contributed by atoms with Crippen molar-refractivity contribution in [2.45, 2.75) is 597 Å². The molecular weight excluding hydrogens is 1720 g/mol. The summed E-state index contributed by atoms with van der Waals surface area (Å²) in [6.07, 6.45) is 11.3. The first-order valence-electron chi connectivity index (χ1n) is 48.5. The first-order chi connectivity index (χ1) is 58.0. The van der Waals surface area contributed by atoms with Gasteiger partial charge in [0.25, 0.3) is 0 Å². The van der Waals surface area contributed by atoms with Crippen molar-refractivity contribution in [3.63, 3.8) is 0 Å². The topological polar surface area (TPSA) is 254 Å². The molecule has 0 radical (unpaired) electrons. The van der Waals surface area contributed by atoms with Crippen LogP contribution in [-0.4, -0.2) is 234 Å². The summed E-state index contributed by atoms with van der Waals surface area (Å²) in [6, 6.07) is 0. The standard InChI is InChI=1S/2C11H20O3.C11H22O2.2C10H20O3.C10H18O3.2C10H20O2S.C10H20O2.C9H18O2S/c1-8(2)13-11(5)7-9(12)6-10(3,4)14-11;1-8(2)13-11(5)7-6-9(12)10(3,4)14-11;1-9(2)12-11(5)8-6-7-10(3,4)13-11;1-8(2)12-10(5)7-11-6-9(3,4)13-10;1-8(2)12-10(5)6-7-11-9(3,4)13-10;1-7(2)12-10(5)6-8(11)9(3,4)13-10;1-8(2)11-10(5)7-13-6-9(3,4)12-10;1-8(2)11-10(5)6-7-13-9(3,4)12-10;1-8(2)11-10(5)7-6-9(3,4)12-10;1-7(2)10-9(5)6-12-8(3,4)11-9/h2*8H,6-7H2,1-5H3;9H,6-8H2,1-5H3;2*8H,6-7H2,1-5H3;7H,6H2,1-5H3;2*8H,6-7H2,1-5H3;8H,6-7H2,1-5H3;7H,6H2,1-5H3. The van der Waals surface area contributed by atoms with Gasteiger partial charge in [0.15, 0.2) is 75.2 Å². The molecule has 10 fully saturated rings. The summed E-state index contributed by atoms with van der Waals surface area (Å²) < 4.78 is 126. The van der Waals surface area contributed by atoms with E-state index in [4.69, 9.17) is 104 Å². The second kappa shape index (κ2) is 50.7. The Morgan fingerprint density at radius 1 is 0.262 bits per heavy atom. The van der Waals surface area contributed by atoms with Gasteiger partial charge in [-0.25, -0.2) is 0 Å². The Morgan fingerprint density at radius 3 is 0.962 bits per heavy atom. The largest absolute Gasteiger partial charge is 0.373 e. The van der Waals surface area contributed by atoms with E-state index < -0.39 is 57.3 Å². The molecule has 0 aromatic carbocycles. The highest BCUT2D eigenvalue weighted by Gasteiger charge is 2.52. The van der Waals surface area contributed by atoms with Crippen LogP contribution in [0.2, 0.25) is 0 Å². The molecular formula is C102H198O25S3. The summed E-state index contributed by atoms with van der Waals surface area (Å²) >= 11 is 5.55. The lowest BCUT2D eigenvalue weighted by Gasteiger charge is -2.43. The molecule has 25 nitrogen and oxygen atoms in total. The molecule has 0 spiro atoms. The molecule has 28 heteroatoms. The molecule has 0 amide bonds. The van der Waals surface area contributed by atoms with E-state index in [0.29, 0.717) is 51.9 Å². The minimum Gasteiger partial charge on any atom is -0.373 e. The van der Waals surface area contributed by atoms with Crippen LogP contribution in [0.3, 0.4) is 0 Å². The summed E-state index contributed by atoms with van der Waals surface area (Å²) in [6.45, 7) is 101. The van der Waals surface area contributed by atoms with E-state index in [-0.39, 0.29) is 134 Å². The van der Waals surface area contributed by atoms with Gasteiger partial charge in [-0.05, 0) is 365 Å². The average Bonchev–Trinajstić information content (AvgIpc) is 1.59. The molecule has 0 bridgehead atoms. The Bertz CT molecular complexity index is 3050. The van der Waals surface area contributed by atoms with Crippen LogP contribution in [0.15, 0.2) is 0 Å². The molecule has 10 heterocycles. The lowest BCUT2D eigenvalue weighted by atomic mass is 9.92. The van der Waals surface area contributed by atoms with E-state index in [1.165, 1.54) is 6.42 Å². The molecule has 10 rings (SSSR count). The van der Waals surface area contributed by atoms with Gasteiger partial charge in [-0.1, -0.05) is 0 Å². The summed E-state index contributed by atoms with van der Waals surface area (Å²) in [7, 11) is 0. The fourth-order valence-electron chi connectivity index (χ4n) is 17.7. The monoisotopic (exact) mass is 1920 g/mol. The molecule has 0 saturated carbocycles. The zero-order valence-corrected chi connectivity index (χ0v) is 94.6. The number of Topliss-reactive ketones (excluding diaryl/α,β-unsaturated/α-hetero) is 3. The predicted octanol–water partition coefficient (Wildman–Crippen LogP) is 24.9. The lowest BCUT2D eigenvalue weighted by molar-refractivity contribution is -0.384. The van der Waals surface area contributed by atoms with E-state index in [0.717, 1.165) is 61.5 Å². The van der Waals surface area contributed by atoms with Gasteiger partial charge in [-0.3, -0.25) is 14.4 Å². The van der Waals surface area contributed by atoms with Crippen LogP contribution < -0.4 is 0 Å². The Balaban J connectivity index is 0.000000722. The second-order valence-corrected chi connectivity index (χ2v) is 50.5. The zero-order chi connectivity index (χ0) is 102. The van der Waals surface area contributed by atoms with Crippen LogP contribution in [0, 0.1) is 0 Å². The van der Waals surface area contributed by atoms with Gasteiger partial charge in [0, 0.05) is 62.2 Å². The fourth-order valence-corrected chi connectivity index (χ4v) is 21.0. The van der Waals surface area contributed by atoms with Gasteiger partial charge < -0.3 is 104 Å². The van der Waals surface area contributed by atoms with Crippen molar-refractivity contribution < 1.29 is 119 Å². The highest BCUT2D eigenvalue weighted by molar-refractivity contribution is 8.00. The van der Waals surface area contributed by atoms with Crippen molar-refractivity contribution in [1.82, 2.24) is 0 Å². The van der Waals surface area contributed by atoms with Crippen LogP contribution in [0.1, 0.15) is 423 Å². The molecule has 10 aliphatic heterocycles. The molecule has 0 N–H and O–H groups in total. The van der Waals surface area contributed by atoms with Gasteiger partial charge in [-0.15, -0.1) is 23.5 Å². The number of carbonyl (C=O) groups is 3. The SMILES string of the molecule is CC(C)OC1(C)CC(=O)C(C)(C)O1.CC(C)OC1(C)CC(=O)CC(C)(C)O1.CC(C)OC1(C)CCC(=O)C(C)(C)O1.CC(C)OC1(C)CCC(C)(C)O1.CC(C)OC1(C)CCCC(C)(C)O1.CC(C)OC1(C)CCOC(C)(C)O1.CC(C)OC1(C)CCSC(C)(C)O1.CC(C)OC1(C)COCC(C)(C)O1.CC(C)OC1(C)CSC(C)(C)O1.CC(C)OC1(C)CSCC(C)(C)O1. The van der Waals surface area contributed by atoms with Gasteiger partial charge in [0.1, 0.15) is 33.5 Å². The van der Waals surface area contributed by atoms with Crippen molar-refractivity contribution in [2.24, 2.45) is 0 Å². The van der Waals surface area contributed by atoms with E-state index in [1.807, 2.05) is 259 Å². The molecule has 10 atom stereocenters. The summed E-state index contributed by atoms with van der Waals surface area (Å²) in [5.41, 5.74) is -2.15. The minimum atomic E-state index is -0.743. The molecule has 10 unspecified atom stereocenters. The highest BCUT2D eigenvalue weighted by atomic mass is 32.2. The molecule has 0 aliphatic carbocycles. The van der Waals surface area contributed by atoms with E-state index in [9.17, 15) is 14.4 Å². The van der Waals surface area contributed by atoms with Crippen LogP contribution in [0.25, 0.3) is 0 Å². The molecule has 774 valence electrons. The summed E-state index contributed by atoms with van der Waals surface area (Å²) in [5, 5.41) is 0. The summed E-state index contributed by atoms with van der Waals surface area (Å²) in [5.74, 6) is -1.10. The van der Waals surface area contributed by atoms with E-state index in [1.54, 1.807) is 39.5 Å². The number of hydrogen-bond acceptors (Lipinski definition) is 28. The highest BCUT2D eigenvalue weighted by Crippen LogP contribution is 2.46. The number of rotatable bonds is 20. The molecule has 10 aliphatic rings. The molecule has 130 heavy (non-hydrogen) atoms. The van der Waals surface area contributed by atoms with Gasteiger partial charge >= 0.3 is 0 Å². The minimum absolute atomic E-state index is 0.0103. The first-order valence-corrected chi connectivity index (χ1v) is 51.6. The fraction of sp³-hybridized carbons (Fsp3) is 0.971. The zero-order valence-electron chi connectivity index (χ0n) is 92.1. The maximum Gasteiger partial charge on any atom is 0.189 e. The van der Waals surface area contributed by atoms with E-state index >= 15 is 0 Å². The third-order valence-corrected chi connectivity index (χ3v) is 24.6. The van der Waals surface area contributed by atoms with Crippen molar-refractivity contribution >= 4 is 52.6 Å². The summed E-state index contributed by atoms with van der Waals surface area (Å²) in [4.78, 5) is 34.3. The normalized spacial score (nSPS) is 33.5. The quantitative estimate of drug-likeness (QED) is 0.110. The third-order valence-electron chi connectivity index (χ3n) is 20.3. The third kappa shape index (κ3) is 52.6. The number of hydrogen-bond donors (Lipinski definition) is 0. The Hall–Kier alpha value is -0.820. The maximum atomic E-state index is 11.5. The Kier molecular flexibility index (Phi) is 49.6. The molecule has 0 aromatic rings. The number of ether oxygens (including phenoxy) is 22. The van der Waals surface area contributed by atoms with Gasteiger partial charge in [0.2, 0.25) is 0 Å². The van der Waals surface area contributed by atoms with E-state index in [2.05, 4.69) is 83.1 Å². The van der Waals surface area contributed by atoms with Crippen LogP contribution >= 0.6 is 35.3 Å². The Labute approximate surface area is 806 Å². The lowest BCUT2D eigenvalue weighted by Crippen LogP contribution is -2.52. The van der Waals surface area contributed by atoms with Crippen molar-refractivity contribution in [2.75, 3.05) is 42.8 Å². The van der Waals surface area contributed by atoms with Crippen molar-refractivity contribution in [1.29, 1.82) is 0 Å². The average molecular weight is 1920 g/mol. The van der Waals surface area contributed by atoms with Crippen molar-refractivity contribution in [3.8, 4) is 0 Å². The van der Waals surface area contributed by atoms with Crippen molar-refractivity contribution in [3.05, 3.63) is 0 Å². The number of ketones is 3. The number of thioether (sulfide) groups is 3. The molecule has 10 saturated heterocycles. The Morgan fingerprint density at radius 2 is 0.600 bits per heavy atom. The van der Waals surface area contributed by atoms with Crippen LogP contribution in [-0.2, 0) is 119 Å². The predicted molar refractivity (Wildman–Crippen MR) is 527 cm³/mol. The van der Waals surface area contributed by atoms with Crippen LogP contribution in [0.4, 0.5) is 0 Å². The first kappa shape index (κ1) is 127.